The lowest BCUT2D eigenvalue weighted by molar-refractivity contribution is 0.397. The van der Waals surface area contributed by atoms with Crippen LogP contribution in [0.2, 0.25) is 0 Å². The topological polar surface area (TPSA) is 3.24 Å². The van der Waals surface area contributed by atoms with Crippen molar-refractivity contribution in [1.82, 2.24) is 0 Å². The molecule has 19 heavy (non-hydrogen) atoms. The minimum absolute atomic E-state index is 0.753. The predicted octanol–water partition coefficient (Wildman–Crippen LogP) is 5.22. The minimum Gasteiger partial charge on any atom is -0.348 e. The Morgan fingerprint density at radius 3 is 2.21 bits per heavy atom. The molecule has 1 nitrogen and oxygen atoms in total. The molecule has 1 heteroatoms. The van der Waals surface area contributed by atoms with Crippen LogP contribution >= 0.6 is 0 Å². The summed E-state index contributed by atoms with van der Waals surface area (Å²) in [4.78, 5) is 2.43. The summed E-state index contributed by atoms with van der Waals surface area (Å²) in [5, 5.41) is 0. The van der Waals surface area contributed by atoms with Crippen LogP contribution in [0.5, 0.6) is 0 Å². The zero-order valence-electron chi connectivity index (χ0n) is 12.9. The molecule has 0 bridgehead atoms. The molecule has 0 amide bonds. The molecule has 0 aliphatic heterocycles. The molecular formula is C18H27N. The second-order valence-corrected chi connectivity index (χ2v) is 5.85. The van der Waals surface area contributed by atoms with Gasteiger partial charge < -0.3 is 4.90 Å². The summed E-state index contributed by atoms with van der Waals surface area (Å²) in [5.74, 6) is 0.753. The highest BCUT2D eigenvalue weighted by Crippen LogP contribution is 2.35. The number of aryl methyl sites for hydroxylation is 2. The van der Waals surface area contributed by atoms with Gasteiger partial charge in [0.1, 0.15) is 0 Å². The molecule has 0 heterocycles. The van der Waals surface area contributed by atoms with Crippen molar-refractivity contribution in [2.45, 2.75) is 52.9 Å². The lowest BCUT2D eigenvalue weighted by atomic mass is 9.86. The minimum atomic E-state index is 0.753. The molecule has 0 aromatic heterocycles. The Labute approximate surface area is 118 Å². The number of rotatable bonds is 3. The van der Waals surface area contributed by atoms with Crippen molar-refractivity contribution in [3.63, 3.8) is 0 Å². The van der Waals surface area contributed by atoms with Crippen molar-refractivity contribution in [2.24, 2.45) is 5.92 Å². The summed E-state index contributed by atoms with van der Waals surface area (Å²) in [6, 6.07) is 6.58. The molecule has 1 aliphatic carbocycles. The maximum Gasteiger partial charge on any atom is 0.0465 e. The third kappa shape index (κ3) is 3.02. The zero-order chi connectivity index (χ0) is 13.8. The second kappa shape index (κ2) is 6.27. The van der Waals surface area contributed by atoms with E-state index in [4.69, 9.17) is 0 Å². The fourth-order valence-electron chi connectivity index (χ4n) is 3.57. The number of hydrogen-bond donors (Lipinski definition) is 0. The standard InChI is InChI=1S/C18H27N/c1-5-17(16-12-7-6-8-13-16)19(4)18-14(2)10-9-11-15(18)3/h5,9-11,16H,6-8,12-13H2,1-4H3/b17-5-. The summed E-state index contributed by atoms with van der Waals surface area (Å²) in [5.41, 5.74) is 5.65. The van der Waals surface area contributed by atoms with Gasteiger partial charge in [-0.2, -0.15) is 0 Å². The van der Waals surface area contributed by atoms with Gasteiger partial charge in [0, 0.05) is 18.4 Å². The first kappa shape index (κ1) is 14.2. The molecule has 0 unspecified atom stereocenters. The fourth-order valence-corrected chi connectivity index (χ4v) is 3.57. The third-order valence-electron chi connectivity index (χ3n) is 4.48. The normalized spacial score (nSPS) is 17.6. The van der Waals surface area contributed by atoms with E-state index in [-0.39, 0.29) is 0 Å². The van der Waals surface area contributed by atoms with E-state index in [9.17, 15) is 0 Å². The van der Waals surface area contributed by atoms with Gasteiger partial charge in [-0.05, 0) is 50.7 Å². The van der Waals surface area contributed by atoms with Gasteiger partial charge in [0.25, 0.3) is 0 Å². The Hall–Kier alpha value is -1.24. The van der Waals surface area contributed by atoms with E-state index in [1.807, 2.05) is 0 Å². The van der Waals surface area contributed by atoms with Crippen LogP contribution < -0.4 is 4.90 Å². The van der Waals surface area contributed by atoms with Crippen molar-refractivity contribution in [2.75, 3.05) is 11.9 Å². The van der Waals surface area contributed by atoms with Crippen LogP contribution in [0.3, 0.4) is 0 Å². The number of allylic oxidation sites excluding steroid dienone is 2. The predicted molar refractivity (Wildman–Crippen MR) is 84.7 cm³/mol. The van der Waals surface area contributed by atoms with Crippen molar-refractivity contribution in [1.29, 1.82) is 0 Å². The van der Waals surface area contributed by atoms with Crippen molar-refractivity contribution in [3.8, 4) is 0 Å². The van der Waals surface area contributed by atoms with Gasteiger partial charge >= 0.3 is 0 Å². The van der Waals surface area contributed by atoms with Gasteiger partial charge in [-0.15, -0.1) is 0 Å². The molecule has 1 aromatic rings. The number of benzene rings is 1. The largest absolute Gasteiger partial charge is 0.348 e. The summed E-state index contributed by atoms with van der Waals surface area (Å²) in [6.45, 7) is 6.62. The van der Waals surface area contributed by atoms with E-state index in [0.717, 1.165) is 5.92 Å². The van der Waals surface area contributed by atoms with E-state index in [1.165, 1.54) is 54.6 Å². The SMILES string of the molecule is C/C=C(/C1CCCCC1)N(C)c1c(C)cccc1C. The van der Waals surface area contributed by atoms with Crippen molar-refractivity contribution in [3.05, 3.63) is 41.1 Å². The molecule has 1 saturated carbocycles. The highest BCUT2D eigenvalue weighted by molar-refractivity contribution is 5.62. The Bertz CT molecular complexity index is 433. The molecule has 0 spiro atoms. The average molecular weight is 257 g/mol. The van der Waals surface area contributed by atoms with Gasteiger partial charge in [-0.25, -0.2) is 0 Å². The summed E-state index contributed by atoms with van der Waals surface area (Å²) < 4.78 is 0. The van der Waals surface area contributed by atoms with Gasteiger partial charge in [-0.3, -0.25) is 0 Å². The number of anilines is 1. The molecule has 0 saturated heterocycles. The summed E-state index contributed by atoms with van der Waals surface area (Å²) in [6.07, 6.45) is 9.23. The monoisotopic (exact) mass is 257 g/mol. The Balaban J connectivity index is 2.28. The number of para-hydroxylation sites is 1. The molecule has 0 N–H and O–H groups in total. The third-order valence-corrected chi connectivity index (χ3v) is 4.48. The van der Waals surface area contributed by atoms with E-state index in [2.05, 4.69) is 57.0 Å². The van der Waals surface area contributed by atoms with Crippen LogP contribution in [0.1, 0.15) is 50.2 Å². The van der Waals surface area contributed by atoms with E-state index in [0.29, 0.717) is 0 Å². The Morgan fingerprint density at radius 1 is 1.11 bits per heavy atom. The molecular weight excluding hydrogens is 230 g/mol. The quantitative estimate of drug-likeness (QED) is 0.717. The van der Waals surface area contributed by atoms with Crippen LogP contribution in [0.25, 0.3) is 0 Å². The van der Waals surface area contributed by atoms with Gasteiger partial charge in [0.15, 0.2) is 0 Å². The van der Waals surface area contributed by atoms with Crippen LogP contribution in [-0.4, -0.2) is 7.05 Å². The first-order valence-corrected chi connectivity index (χ1v) is 7.61. The van der Waals surface area contributed by atoms with Gasteiger partial charge in [-0.1, -0.05) is 43.5 Å². The highest BCUT2D eigenvalue weighted by Gasteiger charge is 2.22. The molecule has 1 fully saturated rings. The smallest absolute Gasteiger partial charge is 0.0465 e. The first-order valence-electron chi connectivity index (χ1n) is 7.61. The van der Waals surface area contributed by atoms with E-state index < -0.39 is 0 Å². The second-order valence-electron chi connectivity index (χ2n) is 5.85. The zero-order valence-corrected chi connectivity index (χ0v) is 12.9. The average Bonchev–Trinajstić information content (AvgIpc) is 2.40. The highest BCUT2D eigenvalue weighted by atomic mass is 15.1. The maximum absolute atomic E-state index is 2.43. The molecule has 1 aromatic carbocycles. The van der Waals surface area contributed by atoms with E-state index in [1.54, 1.807) is 0 Å². The van der Waals surface area contributed by atoms with Gasteiger partial charge in [0.2, 0.25) is 0 Å². The van der Waals surface area contributed by atoms with Crippen LogP contribution in [-0.2, 0) is 0 Å². The molecule has 0 atom stereocenters. The fraction of sp³-hybridized carbons (Fsp3) is 0.556. The summed E-state index contributed by atoms with van der Waals surface area (Å²) >= 11 is 0. The Kier molecular flexibility index (Phi) is 4.68. The Morgan fingerprint density at radius 2 is 1.68 bits per heavy atom. The molecule has 2 rings (SSSR count). The van der Waals surface area contributed by atoms with Crippen LogP contribution in [0.4, 0.5) is 5.69 Å². The van der Waals surface area contributed by atoms with Crippen LogP contribution in [0.15, 0.2) is 30.0 Å². The van der Waals surface area contributed by atoms with Crippen LogP contribution in [0, 0.1) is 19.8 Å². The maximum atomic E-state index is 2.43. The van der Waals surface area contributed by atoms with E-state index >= 15 is 0 Å². The number of nitrogens with zero attached hydrogens (tertiary/aromatic N) is 1. The first-order chi connectivity index (χ1) is 9.15. The lowest BCUT2D eigenvalue weighted by Gasteiger charge is -2.33. The van der Waals surface area contributed by atoms with Gasteiger partial charge in [0.05, 0.1) is 0 Å². The molecule has 104 valence electrons. The summed E-state index contributed by atoms with van der Waals surface area (Å²) in [7, 11) is 2.24. The molecule has 0 radical (unpaired) electrons. The van der Waals surface area contributed by atoms with Crippen molar-refractivity contribution < 1.29 is 0 Å². The molecule has 1 aliphatic rings. The lowest BCUT2D eigenvalue weighted by Crippen LogP contribution is -2.25. The number of hydrogen-bond acceptors (Lipinski definition) is 1. The van der Waals surface area contributed by atoms with Crippen molar-refractivity contribution >= 4 is 5.69 Å².